The minimum absolute atomic E-state index is 0.0246. The van der Waals surface area contributed by atoms with Crippen molar-refractivity contribution in [3.8, 4) is 5.75 Å². The highest BCUT2D eigenvalue weighted by Gasteiger charge is 2.28. The summed E-state index contributed by atoms with van der Waals surface area (Å²) in [5.41, 5.74) is 0.971. The molecule has 25 heavy (non-hydrogen) atoms. The molecule has 2 rings (SSSR count). The average molecular weight is 384 g/mol. The Labute approximate surface area is 152 Å². The number of methoxy groups -OCH3 is 2. The average Bonchev–Trinajstić information content (AvgIpc) is 2.61. The maximum atomic E-state index is 13.1. The summed E-state index contributed by atoms with van der Waals surface area (Å²) in [6.07, 6.45) is 0. The Bertz CT molecular complexity index is 865. The topological polar surface area (TPSA) is 72.9 Å². The minimum Gasteiger partial charge on any atom is -0.497 e. The number of aryl methyl sites for hydroxylation is 1. The molecule has 0 aliphatic carbocycles. The van der Waals surface area contributed by atoms with Crippen LogP contribution in [-0.4, -0.2) is 35.2 Å². The lowest BCUT2D eigenvalue weighted by atomic mass is 10.2. The third-order valence-corrected chi connectivity index (χ3v) is 5.60. The van der Waals surface area contributed by atoms with E-state index in [1.165, 1.54) is 44.6 Å². The number of carbonyl (C=O) groups is 1. The summed E-state index contributed by atoms with van der Waals surface area (Å²) in [7, 11) is -1.32. The van der Waals surface area contributed by atoms with E-state index in [9.17, 15) is 13.2 Å². The van der Waals surface area contributed by atoms with Gasteiger partial charge < -0.3 is 9.47 Å². The van der Waals surface area contributed by atoms with Crippen LogP contribution >= 0.6 is 11.6 Å². The number of hydrogen-bond acceptors (Lipinski definition) is 5. The third-order valence-electron chi connectivity index (χ3n) is 3.59. The summed E-state index contributed by atoms with van der Waals surface area (Å²) in [5, 5.41) is 0.361. The van der Waals surface area contributed by atoms with Crippen LogP contribution in [0.2, 0.25) is 5.02 Å². The number of hydrogen-bond donors (Lipinski definition) is 0. The predicted octanol–water partition coefficient (Wildman–Crippen LogP) is 3.03. The molecule has 0 aromatic heterocycles. The second-order valence-corrected chi connectivity index (χ2v) is 7.49. The number of carbonyl (C=O) groups excluding carboxylic acids is 1. The van der Waals surface area contributed by atoms with E-state index in [1.54, 1.807) is 19.1 Å². The molecule has 0 bridgehead atoms. The van der Waals surface area contributed by atoms with Gasteiger partial charge in [0.05, 0.1) is 24.8 Å². The Kier molecular flexibility index (Phi) is 5.92. The van der Waals surface area contributed by atoms with E-state index in [2.05, 4.69) is 4.74 Å². The Morgan fingerprint density at radius 1 is 1.12 bits per heavy atom. The zero-order chi connectivity index (χ0) is 18.6. The van der Waals surface area contributed by atoms with Gasteiger partial charge in [-0.2, -0.15) is 0 Å². The first-order chi connectivity index (χ1) is 11.8. The van der Waals surface area contributed by atoms with Crippen molar-refractivity contribution in [1.82, 2.24) is 0 Å². The van der Waals surface area contributed by atoms with E-state index in [1.807, 2.05) is 0 Å². The molecule has 134 valence electrons. The molecular formula is C17H18ClNO5S. The van der Waals surface area contributed by atoms with E-state index in [0.29, 0.717) is 22.0 Å². The van der Waals surface area contributed by atoms with Gasteiger partial charge in [-0.1, -0.05) is 17.7 Å². The fraction of sp³-hybridized carbons (Fsp3) is 0.235. The standard InChI is InChI=1S/C17H18ClNO5S/c1-12-4-5-13(18)10-16(12)19(11-17(20)24-3)25(21,22)15-8-6-14(23-2)7-9-15/h4-10H,11H2,1-3H3. The van der Waals surface area contributed by atoms with Gasteiger partial charge in [0.2, 0.25) is 0 Å². The van der Waals surface area contributed by atoms with E-state index in [-0.39, 0.29) is 4.90 Å². The molecule has 0 radical (unpaired) electrons. The largest absolute Gasteiger partial charge is 0.497 e. The molecule has 2 aromatic rings. The highest BCUT2D eigenvalue weighted by Crippen LogP contribution is 2.30. The molecule has 6 nitrogen and oxygen atoms in total. The Hall–Kier alpha value is -2.25. The maximum absolute atomic E-state index is 13.1. The number of sulfonamides is 1. The molecule has 2 aromatic carbocycles. The molecule has 0 aliphatic heterocycles. The van der Waals surface area contributed by atoms with Crippen molar-refractivity contribution >= 4 is 33.3 Å². The second-order valence-electron chi connectivity index (χ2n) is 5.19. The van der Waals surface area contributed by atoms with Crippen LogP contribution < -0.4 is 9.04 Å². The lowest BCUT2D eigenvalue weighted by Gasteiger charge is -2.25. The Morgan fingerprint density at radius 3 is 2.32 bits per heavy atom. The molecule has 0 aliphatic rings. The molecular weight excluding hydrogens is 366 g/mol. The molecule has 0 saturated heterocycles. The highest BCUT2D eigenvalue weighted by molar-refractivity contribution is 7.92. The van der Waals surface area contributed by atoms with E-state index < -0.39 is 22.5 Å². The predicted molar refractivity (Wildman–Crippen MR) is 95.7 cm³/mol. The Balaban J connectivity index is 2.56. The smallest absolute Gasteiger partial charge is 0.326 e. The van der Waals surface area contributed by atoms with Crippen LogP contribution in [0.4, 0.5) is 5.69 Å². The lowest BCUT2D eigenvalue weighted by Crippen LogP contribution is -2.36. The summed E-state index contributed by atoms with van der Waals surface area (Å²) in [6, 6.07) is 10.7. The zero-order valence-electron chi connectivity index (χ0n) is 14.0. The van der Waals surface area contributed by atoms with Crippen LogP contribution in [0.3, 0.4) is 0 Å². The minimum atomic E-state index is -4.01. The van der Waals surface area contributed by atoms with Crippen molar-refractivity contribution in [2.75, 3.05) is 25.1 Å². The van der Waals surface area contributed by atoms with Gasteiger partial charge in [-0.15, -0.1) is 0 Å². The molecule has 0 spiro atoms. The Morgan fingerprint density at radius 2 is 1.76 bits per heavy atom. The van der Waals surface area contributed by atoms with Gasteiger partial charge in [0.25, 0.3) is 10.0 Å². The summed E-state index contributed by atoms with van der Waals surface area (Å²) in [5.74, 6) is -0.158. The van der Waals surface area contributed by atoms with E-state index >= 15 is 0 Å². The summed E-state index contributed by atoms with van der Waals surface area (Å²) >= 11 is 6.01. The fourth-order valence-corrected chi connectivity index (χ4v) is 3.84. The van der Waals surface area contributed by atoms with Crippen LogP contribution in [0.25, 0.3) is 0 Å². The molecule has 0 amide bonds. The van der Waals surface area contributed by atoms with Gasteiger partial charge in [0.15, 0.2) is 0 Å². The van der Waals surface area contributed by atoms with Gasteiger partial charge in [-0.05, 0) is 48.9 Å². The number of ether oxygens (including phenoxy) is 2. The SMILES string of the molecule is COC(=O)CN(c1cc(Cl)ccc1C)S(=O)(=O)c1ccc(OC)cc1. The van der Waals surface area contributed by atoms with Crippen LogP contribution in [-0.2, 0) is 19.6 Å². The molecule has 0 unspecified atom stereocenters. The van der Waals surface area contributed by atoms with Crippen LogP contribution in [0, 0.1) is 6.92 Å². The maximum Gasteiger partial charge on any atom is 0.326 e. The van der Waals surface area contributed by atoms with E-state index in [0.717, 1.165) is 4.31 Å². The molecule has 0 heterocycles. The van der Waals surface area contributed by atoms with Crippen molar-refractivity contribution in [3.63, 3.8) is 0 Å². The number of esters is 1. The van der Waals surface area contributed by atoms with Gasteiger partial charge >= 0.3 is 5.97 Å². The van der Waals surface area contributed by atoms with Gasteiger partial charge in [-0.25, -0.2) is 8.42 Å². The van der Waals surface area contributed by atoms with Gasteiger partial charge in [0.1, 0.15) is 12.3 Å². The molecule has 8 heteroatoms. The molecule has 0 saturated carbocycles. The first-order valence-electron chi connectivity index (χ1n) is 7.29. The fourth-order valence-electron chi connectivity index (χ4n) is 2.21. The quantitative estimate of drug-likeness (QED) is 0.717. The van der Waals surface area contributed by atoms with Crippen molar-refractivity contribution in [3.05, 3.63) is 53.1 Å². The second kappa shape index (κ2) is 7.76. The van der Waals surface area contributed by atoms with Crippen molar-refractivity contribution in [2.45, 2.75) is 11.8 Å². The number of halogens is 1. The van der Waals surface area contributed by atoms with Crippen LogP contribution in [0.5, 0.6) is 5.75 Å². The number of benzene rings is 2. The van der Waals surface area contributed by atoms with Gasteiger partial charge in [-0.3, -0.25) is 9.10 Å². The lowest BCUT2D eigenvalue weighted by molar-refractivity contribution is -0.138. The normalized spacial score (nSPS) is 11.0. The molecule has 0 N–H and O–H groups in total. The van der Waals surface area contributed by atoms with Crippen molar-refractivity contribution in [1.29, 1.82) is 0 Å². The van der Waals surface area contributed by atoms with E-state index in [4.69, 9.17) is 16.3 Å². The molecule has 0 fully saturated rings. The summed E-state index contributed by atoms with van der Waals surface area (Å²) in [6.45, 7) is 1.27. The molecule has 0 atom stereocenters. The number of rotatable bonds is 6. The van der Waals surface area contributed by atoms with Crippen molar-refractivity contribution in [2.24, 2.45) is 0 Å². The number of anilines is 1. The number of nitrogens with zero attached hydrogens (tertiary/aromatic N) is 1. The summed E-state index contributed by atoms with van der Waals surface area (Å²) < 4.78 is 36.8. The highest BCUT2D eigenvalue weighted by atomic mass is 35.5. The zero-order valence-corrected chi connectivity index (χ0v) is 15.6. The van der Waals surface area contributed by atoms with Gasteiger partial charge in [0, 0.05) is 5.02 Å². The van der Waals surface area contributed by atoms with Crippen LogP contribution in [0.1, 0.15) is 5.56 Å². The van der Waals surface area contributed by atoms with Crippen LogP contribution in [0.15, 0.2) is 47.4 Å². The first-order valence-corrected chi connectivity index (χ1v) is 9.11. The van der Waals surface area contributed by atoms with Crippen molar-refractivity contribution < 1.29 is 22.7 Å². The monoisotopic (exact) mass is 383 g/mol. The first kappa shape index (κ1) is 19.1. The summed E-state index contributed by atoms with van der Waals surface area (Å²) in [4.78, 5) is 11.8. The third kappa shape index (κ3) is 4.24.